The highest BCUT2D eigenvalue weighted by Gasteiger charge is 2.17. The maximum atomic E-state index is 12.9. The van der Waals surface area contributed by atoms with Crippen LogP contribution in [0.5, 0.6) is 17.2 Å². The van der Waals surface area contributed by atoms with E-state index in [2.05, 4.69) is 10.3 Å². The van der Waals surface area contributed by atoms with Crippen LogP contribution in [0.3, 0.4) is 0 Å². The average Bonchev–Trinajstić information content (AvgIpc) is 3.26. The summed E-state index contributed by atoms with van der Waals surface area (Å²) >= 11 is 5.37. The number of carbonyl (C=O) groups excluding carboxylic acids is 1. The monoisotopic (exact) mass is 455 g/mol. The van der Waals surface area contributed by atoms with Crippen LogP contribution in [0, 0.1) is 4.77 Å². The first-order chi connectivity index (χ1) is 15.5. The molecular formula is C23H25N3O5S. The van der Waals surface area contributed by atoms with E-state index < -0.39 is 0 Å². The van der Waals surface area contributed by atoms with E-state index in [1.54, 1.807) is 23.8 Å². The van der Waals surface area contributed by atoms with Crippen LogP contribution in [0.4, 0.5) is 0 Å². The fourth-order valence-electron chi connectivity index (χ4n) is 3.61. The number of rotatable bonds is 9. The predicted octanol–water partition coefficient (Wildman–Crippen LogP) is 3.67. The molecule has 4 rings (SSSR count). The highest BCUT2D eigenvalue weighted by atomic mass is 32.1. The van der Waals surface area contributed by atoms with Gasteiger partial charge in [0.1, 0.15) is 5.75 Å². The minimum absolute atomic E-state index is 0.0112. The molecular weight excluding hydrogens is 430 g/mol. The van der Waals surface area contributed by atoms with Gasteiger partial charge < -0.3 is 24.5 Å². The number of aromatic nitrogens is 2. The number of benzene rings is 2. The summed E-state index contributed by atoms with van der Waals surface area (Å²) in [6.07, 6.45) is 2.75. The van der Waals surface area contributed by atoms with Crippen molar-refractivity contribution in [1.82, 2.24) is 14.9 Å². The lowest BCUT2D eigenvalue weighted by atomic mass is 10.1. The summed E-state index contributed by atoms with van der Waals surface area (Å²) in [5.41, 5.74) is 1.50. The van der Waals surface area contributed by atoms with Gasteiger partial charge in [0.15, 0.2) is 16.3 Å². The van der Waals surface area contributed by atoms with Crippen molar-refractivity contribution in [3.63, 3.8) is 0 Å². The largest absolute Gasteiger partial charge is 0.497 e. The first kappa shape index (κ1) is 21.9. The van der Waals surface area contributed by atoms with Gasteiger partial charge in [-0.3, -0.25) is 14.2 Å². The number of nitrogens with one attached hydrogen (secondary N) is 2. The van der Waals surface area contributed by atoms with Crippen LogP contribution in [0.25, 0.3) is 10.9 Å². The first-order valence-corrected chi connectivity index (χ1v) is 10.9. The Morgan fingerprint density at radius 1 is 1.16 bits per heavy atom. The maximum absolute atomic E-state index is 12.9. The number of hydrogen-bond acceptors (Lipinski definition) is 6. The van der Waals surface area contributed by atoms with Crippen LogP contribution < -0.4 is 25.1 Å². The van der Waals surface area contributed by atoms with Gasteiger partial charge in [-0.15, -0.1) is 0 Å². The Morgan fingerprint density at radius 3 is 2.66 bits per heavy atom. The third-order valence-corrected chi connectivity index (χ3v) is 5.73. The number of H-pyrrole nitrogens is 1. The third kappa shape index (κ3) is 4.94. The molecule has 0 spiro atoms. The zero-order valence-corrected chi connectivity index (χ0v) is 18.6. The number of hydrogen-bond donors (Lipinski definition) is 2. The van der Waals surface area contributed by atoms with Crippen LogP contribution in [-0.2, 0) is 17.9 Å². The van der Waals surface area contributed by atoms with E-state index in [0.29, 0.717) is 46.7 Å². The summed E-state index contributed by atoms with van der Waals surface area (Å²) in [5.74, 6) is 1.96. The minimum atomic E-state index is -0.153. The second kappa shape index (κ2) is 9.86. The lowest BCUT2D eigenvalue weighted by Crippen LogP contribution is -2.23. The summed E-state index contributed by atoms with van der Waals surface area (Å²) in [5, 5.41) is 3.44. The predicted molar refractivity (Wildman–Crippen MR) is 123 cm³/mol. The molecule has 1 aliphatic rings. The van der Waals surface area contributed by atoms with Gasteiger partial charge in [0.05, 0.1) is 18.0 Å². The van der Waals surface area contributed by atoms with Crippen molar-refractivity contribution >= 4 is 29.0 Å². The van der Waals surface area contributed by atoms with Crippen LogP contribution in [0.2, 0.25) is 0 Å². The summed E-state index contributed by atoms with van der Waals surface area (Å²) in [4.78, 5) is 28.1. The second-order valence-electron chi connectivity index (χ2n) is 7.57. The van der Waals surface area contributed by atoms with Crippen LogP contribution in [0.15, 0.2) is 41.2 Å². The lowest BCUT2D eigenvalue weighted by Gasteiger charge is -2.09. The average molecular weight is 456 g/mol. The fraction of sp³-hybridized carbons (Fsp3) is 0.348. The molecule has 0 unspecified atom stereocenters. The number of aromatic amines is 1. The molecule has 2 N–H and O–H groups in total. The van der Waals surface area contributed by atoms with Crippen molar-refractivity contribution in [3.05, 3.63) is 57.1 Å². The summed E-state index contributed by atoms with van der Waals surface area (Å²) in [7, 11) is 1.62. The van der Waals surface area contributed by atoms with Gasteiger partial charge in [0, 0.05) is 25.6 Å². The molecule has 9 heteroatoms. The van der Waals surface area contributed by atoms with Gasteiger partial charge in [0.2, 0.25) is 12.7 Å². The zero-order chi connectivity index (χ0) is 22.5. The molecule has 0 fully saturated rings. The molecule has 0 atom stereocenters. The van der Waals surface area contributed by atoms with Crippen LogP contribution in [0.1, 0.15) is 31.2 Å². The summed E-state index contributed by atoms with van der Waals surface area (Å²) in [6, 6.07) is 11.0. The van der Waals surface area contributed by atoms with E-state index >= 15 is 0 Å². The Bertz CT molecular complexity index is 1230. The molecule has 1 aromatic heterocycles. The van der Waals surface area contributed by atoms with Crippen LogP contribution in [-0.4, -0.2) is 29.4 Å². The number of methoxy groups -OCH3 is 1. The minimum Gasteiger partial charge on any atom is -0.497 e. The number of fused-ring (bicyclic) bond motifs is 2. The van der Waals surface area contributed by atoms with Gasteiger partial charge in [-0.2, -0.15) is 0 Å². The first-order valence-electron chi connectivity index (χ1n) is 10.5. The van der Waals surface area contributed by atoms with Gasteiger partial charge in [0.25, 0.3) is 5.56 Å². The van der Waals surface area contributed by atoms with Gasteiger partial charge in [-0.1, -0.05) is 18.6 Å². The van der Waals surface area contributed by atoms with Crippen molar-refractivity contribution in [2.75, 3.05) is 13.9 Å². The van der Waals surface area contributed by atoms with Crippen molar-refractivity contribution in [2.45, 2.75) is 38.8 Å². The highest BCUT2D eigenvalue weighted by molar-refractivity contribution is 7.71. The van der Waals surface area contributed by atoms with Crippen LogP contribution >= 0.6 is 12.2 Å². The molecule has 8 nitrogen and oxygen atoms in total. The van der Waals surface area contributed by atoms with Crippen molar-refractivity contribution in [3.8, 4) is 17.2 Å². The van der Waals surface area contributed by atoms with Gasteiger partial charge >= 0.3 is 0 Å². The molecule has 1 aliphatic heterocycles. The Morgan fingerprint density at radius 2 is 1.91 bits per heavy atom. The number of ether oxygens (including phenoxy) is 3. The quantitative estimate of drug-likeness (QED) is 0.378. The van der Waals surface area contributed by atoms with Gasteiger partial charge in [-0.25, -0.2) is 0 Å². The Kier molecular flexibility index (Phi) is 6.75. The van der Waals surface area contributed by atoms with E-state index in [9.17, 15) is 9.59 Å². The Labute approximate surface area is 190 Å². The normalized spacial score (nSPS) is 12.2. The molecule has 3 aromatic rings. The van der Waals surface area contributed by atoms with E-state index in [4.69, 9.17) is 26.4 Å². The van der Waals surface area contributed by atoms with Crippen molar-refractivity contribution in [1.29, 1.82) is 0 Å². The van der Waals surface area contributed by atoms with Crippen molar-refractivity contribution < 1.29 is 19.0 Å². The molecule has 32 heavy (non-hydrogen) atoms. The number of nitrogens with zero attached hydrogens (tertiary/aromatic N) is 1. The lowest BCUT2D eigenvalue weighted by molar-refractivity contribution is -0.121. The second-order valence-corrected chi connectivity index (χ2v) is 7.96. The SMILES string of the molecule is COc1ccc(CNC(=O)CCCCCn2c(=S)[nH]c3cc4c(cc3c2=O)OCO4)cc1. The molecule has 168 valence electrons. The van der Waals surface area contributed by atoms with E-state index in [1.807, 2.05) is 24.3 Å². The molecule has 0 saturated heterocycles. The zero-order valence-electron chi connectivity index (χ0n) is 17.8. The fourth-order valence-corrected chi connectivity index (χ4v) is 3.89. The smallest absolute Gasteiger partial charge is 0.262 e. The molecule has 0 radical (unpaired) electrons. The molecule has 0 saturated carbocycles. The maximum Gasteiger partial charge on any atom is 0.262 e. The standard InChI is InChI=1S/C23H25N3O5S/c1-29-16-8-6-15(7-9-16)13-24-21(27)5-3-2-4-10-26-22(28)17-11-19-20(31-14-30-19)12-18(17)25-23(26)32/h6-9,11-12H,2-5,10,13-14H2,1H3,(H,24,27)(H,25,32). The van der Waals surface area contributed by atoms with E-state index in [1.165, 1.54) is 0 Å². The number of amides is 1. The number of carbonyl (C=O) groups is 1. The molecule has 0 aliphatic carbocycles. The number of unbranched alkanes of at least 4 members (excludes halogenated alkanes) is 2. The Balaban J connectivity index is 1.25. The van der Waals surface area contributed by atoms with Gasteiger partial charge in [-0.05, 0) is 48.8 Å². The van der Waals surface area contributed by atoms with E-state index in [-0.39, 0.29) is 18.3 Å². The van der Waals surface area contributed by atoms with E-state index in [0.717, 1.165) is 30.6 Å². The summed E-state index contributed by atoms with van der Waals surface area (Å²) < 4.78 is 17.8. The molecule has 0 bridgehead atoms. The van der Waals surface area contributed by atoms with Crippen molar-refractivity contribution in [2.24, 2.45) is 0 Å². The topological polar surface area (TPSA) is 94.6 Å². The Hall–Kier alpha value is -3.33. The molecule has 1 amide bonds. The highest BCUT2D eigenvalue weighted by Crippen LogP contribution is 2.34. The summed E-state index contributed by atoms with van der Waals surface area (Å²) in [6.45, 7) is 1.13. The molecule has 2 aromatic carbocycles. The third-order valence-electron chi connectivity index (χ3n) is 5.41. The molecule has 2 heterocycles.